The van der Waals surface area contributed by atoms with Crippen molar-refractivity contribution in [2.45, 2.75) is 44.2 Å². The van der Waals surface area contributed by atoms with E-state index >= 15 is 0 Å². The molecule has 0 aromatic carbocycles. The van der Waals surface area contributed by atoms with Crippen LogP contribution in [-0.2, 0) is 0 Å². The van der Waals surface area contributed by atoms with Gasteiger partial charge in [-0.3, -0.25) is 4.79 Å². The summed E-state index contributed by atoms with van der Waals surface area (Å²) in [6.07, 6.45) is 5.83. The van der Waals surface area contributed by atoms with Crippen LogP contribution in [0.4, 0.5) is 0 Å². The summed E-state index contributed by atoms with van der Waals surface area (Å²) in [4.78, 5) is 13.1. The monoisotopic (exact) mass is 378 g/mol. The minimum Gasteiger partial charge on any atom is -0.348 e. The lowest BCUT2D eigenvalue weighted by Gasteiger charge is -2.45. The Labute approximate surface area is 138 Å². The molecule has 3 N–H and O–H groups in total. The molecule has 2 atom stereocenters. The summed E-state index contributed by atoms with van der Waals surface area (Å²) in [6, 6.07) is 2.59. The normalized spacial score (nSPS) is 32.3. The zero-order valence-electron chi connectivity index (χ0n) is 11.2. The second kappa shape index (κ2) is 6.77. The van der Waals surface area contributed by atoms with Gasteiger partial charge in [0.1, 0.15) is 4.88 Å². The molecule has 1 aromatic rings. The van der Waals surface area contributed by atoms with Crippen LogP contribution < -0.4 is 11.1 Å². The minimum absolute atomic E-state index is 0. The van der Waals surface area contributed by atoms with Crippen molar-refractivity contribution in [3.8, 4) is 0 Å². The molecule has 112 valence electrons. The van der Waals surface area contributed by atoms with Crippen molar-refractivity contribution in [2.24, 2.45) is 17.6 Å². The minimum atomic E-state index is 0. The number of nitrogens with one attached hydrogen (secondary N) is 1. The van der Waals surface area contributed by atoms with Gasteiger partial charge in [-0.25, -0.2) is 0 Å². The SMILES string of the molecule is Cl.NC1CC2CCCC(C1)C2NC(=O)c1sccc1Br. The highest BCUT2D eigenvalue weighted by Gasteiger charge is 2.40. The topological polar surface area (TPSA) is 55.1 Å². The Morgan fingerprint density at radius 2 is 2.00 bits per heavy atom. The summed E-state index contributed by atoms with van der Waals surface area (Å²) in [5, 5.41) is 5.21. The van der Waals surface area contributed by atoms with E-state index in [4.69, 9.17) is 5.73 Å². The van der Waals surface area contributed by atoms with E-state index in [0.717, 1.165) is 22.2 Å². The molecular weight excluding hydrogens is 360 g/mol. The molecule has 2 saturated carbocycles. The predicted octanol–water partition coefficient (Wildman–Crippen LogP) is 3.57. The van der Waals surface area contributed by atoms with Crippen molar-refractivity contribution in [1.82, 2.24) is 5.32 Å². The average Bonchev–Trinajstić information content (AvgIpc) is 2.76. The van der Waals surface area contributed by atoms with E-state index in [1.54, 1.807) is 0 Å². The standard InChI is InChI=1S/C14H19BrN2OS.ClH/c15-11-4-5-19-13(11)14(18)17-12-8-2-1-3-9(12)7-10(16)6-8;/h4-5,8-10,12H,1-3,6-7,16H2,(H,17,18);1H. The van der Waals surface area contributed by atoms with Crippen LogP contribution >= 0.6 is 39.7 Å². The number of rotatable bonds is 2. The molecule has 2 unspecified atom stereocenters. The molecule has 1 amide bonds. The molecule has 2 aliphatic carbocycles. The molecule has 6 heteroatoms. The quantitative estimate of drug-likeness (QED) is 0.825. The number of halogens is 2. The lowest BCUT2D eigenvalue weighted by atomic mass is 9.67. The lowest BCUT2D eigenvalue weighted by molar-refractivity contribution is 0.0759. The smallest absolute Gasteiger partial charge is 0.262 e. The highest BCUT2D eigenvalue weighted by Crippen LogP contribution is 2.40. The molecule has 2 aliphatic rings. The fraction of sp³-hybridized carbons (Fsp3) is 0.643. The van der Waals surface area contributed by atoms with Crippen molar-refractivity contribution < 1.29 is 4.79 Å². The third kappa shape index (κ3) is 3.21. The maximum absolute atomic E-state index is 12.3. The Hall–Kier alpha value is -0.100. The average molecular weight is 380 g/mol. The van der Waals surface area contributed by atoms with Gasteiger partial charge in [-0.15, -0.1) is 23.7 Å². The number of nitrogens with two attached hydrogens (primary N) is 1. The molecule has 3 nitrogen and oxygen atoms in total. The Bertz CT molecular complexity index is 467. The highest BCUT2D eigenvalue weighted by atomic mass is 79.9. The molecule has 0 radical (unpaired) electrons. The molecular formula is C14H20BrClN2OS. The predicted molar refractivity (Wildman–Crippen MR) is 88.6 cm³/mol. The van der Waals surface area contributed by atoms with Gasteiger partial charge in [0.2, 0.25) is 0 Å². The molecule has 1 aromatic heterocycles. The van der Waals surface area contributed by atoms with Crippen LogP contribution in [0.25, 0.3) is 0 Å². The molecule has 3 rings (SSSR count). The molecule has 2 fully saturated rings. The van der Waals surface area contributed by atoms with Crippen LogP contribution in [0.15, 0.2) is 15.9 Å². The van der Waals surface area contributed by atoms with E-state index in [2.05, 4.69) is 21.2 Å². The van der Waals surface area contributed by atoms with E-state index in [1.807, 2.05) is 11.4 Å². The maximum Gasteiger partial charge on any atom is 0.262 e. The Kier molecular flexibility index (Phi) is 5.51. The Balaban J connectivity index is 0.00000147. The van der Waals surface area contributed by atoms with Gasteiger partial charge in [-0.1, -0.05) is 6.42 Å². The van der Waals surface area contributed by atoms with E-state index in [0.29, 0.717) is 23.9 Å². The van der Waals surface area contributed by atoms with Crippen LogP contribution in [0, 0.1) is 11.8 Å². The summed E-state index contributed by atoms with van der Waals surface area (Å²) in [6.45, 7) is 0. The van der Waals surface area contributed by atoms with Crippen molar-refractivity contribution in [3.63, 3.8) is 0 Å². The number of hydrogen-bond acceptors (Lipinski definition) is 3. The van der Waals surface area contributed by atoms with Crippen LogP contribution in [0.5, 0.6) is 0 Å². The molecule has 0 aliphatic heterocycles. The third-order valence-electron chi connectivity index (χ3n) is 4.50. The maximum atomic E-state index is 12.3. The van der Waals surface area contributed by atoms with Gasteiger partial charge in [-0.05, 0) is 64.9 Å². The van der Waals surface area contributed by atoms with Crippen LogP contribution in [-0.4, -0.2) is 18.0 Å². The van der Waals surface area contributed by atoms with E-state index in [1.165, 1.54) is 30.6 Å². The highest BCUT2D eigenvalue weighted by molar-refractivity contribution is 9.10. The Morgan fingerprint density at radius 1 is 1.35 bits per heavy atom. The molecule has 0 saturated heterocycles. The van der Waals surface area contributed by atoms with Crippen LogP contribution in [0.3, 0.4) is 0 Å². The zero-order chi connectivity index (χ0) is 13.4. The summed E-state index contributed by atoms with van der Waals surface area (Å²) in [5.41, 5.74) is 6.12. The first-order valence-electron chi connectivity index (χ1n) is 6.94. The van der Waals surface area contributed by atoms with E-state index < -0.39 is 0 Å². The first kappa shape index (κ1) is 16.3. The summed E-state index contributed by atoms with van der Waals surface area (Å²) < 4.78 is 0.896. The number of carbonyl (C=O) groups is 1. The molecule has 1 heterocycles. The first-order chi connectivity index (χ1) is 9.15. The van der Waals surface area contributed by atoms with Crippen LogP contribution in [0.1, 0.15) is 41.8 Å². The number of fused-ring (bicyclic) bond motifs is 2. The largest absolute Gasteiger partial charge is 0.348 e. The zero-order valence-corrected chi connectivity index (χ0v) is 14.4. The van der Waals surface area contributed by atoms with E-state index in [9.17, 15) is 4.79 Å². The van der Waals surface area contributed by atoms with Gasteiger partial charge >= 0.3 is 0 Å². The third-order valence-corrected chi connectivity index (χ3v) is 6.33. The van der Waals surface area contributed by atoms with Gasteiger partial charge in [0, 0.05) is 16.6 Å². The fourth-order valence-electron chi connectivity index (χ4n) is 3.70. The first-order valence-corrected chi connectivity index (χ1v) is 8.62. The second-order valence-electron chi connectivity index (χ2n) is 5.78. The molecule has 2 bridgehead atoms. The Morgan fingerprint density at radius 3 is 2.55 bits per heavy atom. The van der Waals surface area contributed by atoms with Gasteiger partial charge in [0.15, 0.2) is 0 Å². The summed E-state index contributed by atoms with van der Waals surface area (Å²) in [7, 11) is 0. The van der Waals surface area contributed by atoms with Crippen molar-refractivity contribution in [3.05, 3.63) is 20.8 Å². The van der Waals surface area contributed by atoms with E-state index in [-0.39, 0.29) is 18.3 Å². The lowest BCUT2D eigenvalue weighted by Crippen LogP contribution is -2.53. The summed E-state index contributed by atoms with van der Waals surface area (Å²) in [5.74, 6) is 1.22. The van der Waals surface area contributed by atoms with Crippen molar-refractivity contribution in [2.75, 3.05) is 0 Å². The van der Waals surface area contributed by atoms with Crippen molar-refractivity contribution >= 4 is 45.6 Å². The van der Waals surface area contributed by atoms with Gasteiger partial charge < -0.3 is 11.1 Å². The van der Waals surface area contributed by atoms with Gasteiger partial charge in [-0.2, -0.15) is 0 Å². The fourth-order valence-corrected chi connectivity index (χ4v) is 5.15. The number of carbonyl (C=O) groups excluding carboxylic acids is 1. The number of amides is 1. The molecule has 0 spiro atoms. The summed E-state index contributed by atoms with van der Waals surface area (Å²) >= 11 is 4.92. The van der Waals surface area contributed by atoms with Gasteiger partial charge in [0.25, 0.3) is 5.91 Å². The second-order valence-corrected chi connectivity index (χ2v) is 7.55. The number of thiophene rings is 1. The van der Waals surface area contributed by atoms with Crippen molar-refractivity contribution in [1.29, 1.82) is 0 Å². The van der Waals surface area contributed by atoms with Crippen LogP contribution in [0.2, 0.25) is 0 Å². The van der Waals surface area contributed by atoms with Gasteiger partial charge in [0.05, 0.1) is 0 Å². The number of hydrogen-bond donors (Lipinski definition) is 2. The molecule has 20 heavy (non-hydrogen) atoms.